The van der Waals surface area contributed by atoms with Gasteiger partial charge in [-0.05, 0) is 59.7 Å². The molecule has 0 fully saturated rings. The first-order valence-corrected chi connectivity index (χ1v) is 9.04. The molecule has 4 aromatic rings. The van der Waals surface area contributed by atoms with Gasteiger partial charge in [-0.2, -0.15) is 5.10 Å². The first-order chi connectivity index (χ1) is 13.8. The van der Waals surface area contributed by atoms with Gasteiger partial charge in [-0.1, -0.05) is 30.3 Å². The van der Waals surface area contributed by atoms with Gasteiger partial charge in [-0.15, -0.1) is 0 Å². The van der Waals surface area contributed by atoms with E-state index in [1.165, 1.54) is 0 Å². The molecule has 1 aromatic heterocycles. The molecule has 0 aliphatic heterocycles. The summed E-state index contributed by atoms with van der Waals surface area (Å²) in [7, 11) is 1.66. The van der Waals surface area contributed by atoms with Crippen molar-refractivity contribution in [3.8, 4) is 22.8 Å². The molecule has 0 saturated carbocycles. The number of nitrogens with one attached hydrogen (secondary N) is 2. The number of methoxy groups -OCH3 is 1. The molecule has 0 unspecified atom stereocenters. The van der Waals surface area contributed by atoms with Gasteiger partial charge in [0.05, 0.1) is 12.8 Å². The van der Waals surface area contributed by atoms with E-state index in [2.05, 4.69) is 15.5 Å². The van der Waals surface area contributed by atoms with E-state index < -0.39 is 0 Å². The molecule has 5 nitrogen and oxygen atoms in total. The Kier molecular flexibility index (Phi) is 5.24. The SMILES string of the molecule is COc1ccc(-c2cc(Nc3ccc(OCc4ccccc4)cc3)n[nH]2)cc1. The molecule has 4 rings (SSSR count). The summed E-state index contributed by atoms with van der Waals surface area (Å²) in [5, 5.41) is 10.7. The van der Waals surface area contributed by atoms with Gasteiger partial charge in [0.2, 0.25) is 0 Å². The molecule has 0 aliphatic rings. The predicted octanol–water partition coefficient (Wildman–Crippen LogP) is 5.41. The lowest BCUT2D eigenvalue weighted by Crippen LogP contribution is -1.95. The number of nitrogens with zero attached hydrogens (tertiary/aromatic N) is 1. The maximum absolute atomic E-state index is 5.82. The normalized spacial score (nSPS) is 10.5. The zero-order chi connectivity index (χ0) is 19.2. The highest BCUT2D eigenvalue weighted by Gasteiger charge is 2.05. The van der Waals surface area contributed by atoms with Gasteiger partial charge in [0.15, 0.2) is 5.82 Å². The summed E-state index contributed by atoms with van der Waals surface area (Å²) in [5.74, 6) is 2.41. The third-order valence-corrected chi connectivity index (χ3v) is 4.35. The number of aromatic nitrogens is 2. The van der Waals surface area contributed by atoms with Gasteiger partial charge in [0, 0.05) is 11.8 Å². The van der Waals surface area contributed by atoms with Crippen molar-refractivity contribution in [2.75, 3.05) is 12.4 Å². The molecule has 0 aliphatic carbocycles. The minimum Gasteiger partial charge on any atom is -0.497 e. The van der Waals surface area contributed by atoms with E-state index in [1.807, 2.05) is 84.9 Å². The third kappa shape index (κ3) is 4.32. The first-order valence-electron chi connectivity index (χ1n) is 9.04. The van der Waals surface area contributed by atoms with E-state index in [-0.39, 0.29) is 0 Å². The number of ether oxygens (including phenoxy) is 2. The van der Waals surface area contributed by atoms with Crippen LogP contribution in [0.3, 0.4) is 0 Å². The topological polar surface area (TPSA) is 59.2 Å². The van der Waals surface area contributed by atoms with Crippen LogP contribution in [0.25, 0.3) is 11.3 Å². The minimum atomic E-state index is 0.554. The summed E-state index contributed by atoms with van der Waals surface area (Å²) in [6.07, 6.45) is 0. The number of rotatable bonds is 7. The van der Waals surface area contributed by atoms with Gasteiger partial charge in [-0.3, -0.25) is 5.10 Å². The molecule has 0 radical (unpaired) electrons. The van der Waals surface area contributed by atoms with Gasteiger partial charge >= 0.3 is 0 Å². The van der Waals surface area contributed by atoms with Crippen LogP contribution in [0.2, 0.25) is 0 Å². The second-order valence-electron chi connectivity index (χ2n) is 6.32. The van der Waals surface area contributed by atoms with Crippen LogP contribution in [0.4, 0.5) is 11.5 Å². The number of hydrogen-bond acceptors (Lipinski definition) is 4. The van der Waals surface area contributed by atoms with Crippen molar-refractivity contribution >= 4 is 11.5 Å². The monoisotopic (exact) mass is 371 g/mol. The molecule has 140 valence electrons. The van der Waals surface area contributed by atoms with Crippen LogP contribution in [-0.2, 0) is 6.61 Å². The lowest BCUT2D eigenvalue weighted by Gasteiger charge is -2.08. The molecule has 5 heteroatoms. The zero-order valence-electron chi connectivity index (χ0n) is 15.6. The Hall–Kier alpha value is -3.73. The largest absolute Gasteiger partial charge is 0.497 e. The zero-order valence-corrected chi connectivity index (χ0v) is 15.6. The Labute approximate surface area is 164 Å². The van der Waals surface area contributed by atoms with Crippen LogP contribution >= 0.6 is 0 Å². The summed E-state index contributed by atoms with van der Waals surface area (Å²) in [5.41, 5.74) is 4.08. The van der Waals surface area contributed by atoms with Crippen molar-refractivity contribution in [2.45, 2.75) is 6.61 Å². The number of benzene rings is 3. The van der Waals surface area contributed by atoms with Gasteiger partial charge in [-0.25, -0.2) is 0 Å². The molecule has 2 N–H and O–H groups in total. The minimum absolute atomic E-state index is 0.554. The lowest BCUT2D eigenvalue weighted by atomic mass is 10.1. The van der Waals surface area contributed by atoms with Gasteiger partial charge in [0.1, 0.15) is 18.1 Å². The Balaban J connectivity index is 1.37. The van der Waals surface area contributed by atoms with E-state index in [0.29, 0.717) is 6.61 Å². The first kappa shape index (κ1) is 17.7. The van der Waals surface area contributed by atoms with E-state index in [1.54, 1.807) is 7.11 Å². The molecule has 0 bridgehead atoms. The number of H-pyrrole nitrogens is 1. The van der Waals surface area contributed by atoms with Crippen molar-refractivity contribution in [1.82, 2.24) is 10.2 Å². The molecule has 0 atom stereocenters. The highest BCUT2D eigenvalue weighted by Crippen LogP contribution is 2.25. The average molecular weight is 371 g/mol. The standard InChI is InChI=1S/C23H21N3O2/c1-27-20-11-7-18(8-12-20)22-15-23(26-25-22)24-19-9-13-21(14-10-19)28-16-17-5-3-2-4-6-17/h2-15H,16H2,1H3,(H2,24,25,26). The number of aromatic amines is 1. The summed E-state index contributed by atoms with van der Waals surface area (Å²) in [6.45, 7) is 0.554. The fraction of sp³-hybridized carbons (Fsp3) is 0.0870. The third-order valence-electron chi connectivity index (χ3n) is 4.35. The van der Waals surface area contributed by atoms with Crippen LogP contribution in [0, 0.1) is 0 Å². The molecule has 0 saturated heterocycles. The lowest BCUT2D eigenvalue weighted by molar-refractivity contribution is 0.306. The second kappa shape index (κ2) is 8.31. The fourth-order valence-electron chi connectivity index (χ4n) is 2.83. The fourth-order valence-corrected chi connectivity index (χ4v) is 2.83. The summed E-state index contributed by atoms with van der Waals surface area (Å²) in [6, 6.07) is 27.8. The van der Waals surface area contributed by atoms with Crippen molar-refractivity contribution in [3.05, 3.63) is 90.5 Å². The van der Waals surface area contributed by atoms with Crippen LogP contribution < -0.4 is 14.8 Å². The molecule has 3 aromatic carbocycles. The van der Waals surface area contributed by atoms with Crippen LogP contribution in [0.5, 0.6) is 11.5 Å². The van der Waals surface area contributed by atoms with E-state index in [0.717, 1.165) is 39.8 Å². The number of hydrogen-bond donors (Lipinski definition) is 2. The molecule has 0 spiro atoms. The maximum Gasteiger partial charge on any atom is 0.152 e. The Bertz CT molecular complexity index is 1010. The van der Waals surface area contributed by atoms with Crippen molar-refractivity contribution in [1.29, 1.82) is 0 Å². The van der Waals surface area contributed by atoms with E-state index >= 15 is 0 Å². The molecular formula is C23H21N3O2. The Morgan fingerprint density at radius 3 is 2.29 bits per heavy atom. The van der Waals surface area contributed by atoms with E-state index in [9.17, 15) is 0 Å². The van der Waals surface area contributed by atoms with Crippen LogP contribution in [-0.4, -0.2) is 17.3 Å². The summed E-state index contributed by atoms with van der Waals surface area (Å²) >= 11 is 0. The number of anilines is 2. The van der Waals surface area contributed by atoms with Gasteiger partial charge < -0.3 is 14.8 Å². The highest BCUT2D eigenvalue weighted by atomic mass is 16.5. The molecule has 1 heterocycles. The van der Waals surface area contributed by atoms with Crippen LogP contribution in [0.1, 0.15) is 5.56 Å². The molecular weight excluding hydrogens is 350 g/mol. The maximum atomic E-state index is 5.82. The second-order valence-corrected chi connectivity index (χ2v) is 6.32. The quantitative estimate of drug-likeness (QED) is 0.456. The summed E-state index contributed by atoms with van der Waals surface area (Å²) < 4.78 is 11.0. The van der Waals surface area contributed by atoms with Crippen molar-refractivity contribution in [2.24, 2.45) is 0 Å². The Morgan fingerprint density at radius 1 is 0.857 bits per heavy atom. The highest BCUT2D eigenvalue weighted by molar-refractivity contribution is 5.66. The van der Waals surface area contributed by atoms with Gasteiger partial charge in [0.25, 0.3) is 0 Å². The van der Waals surface area contributed by atoms with Crippen molar-refractivity contribution < 1.29 is 9.47 Å². The Morgan fingerprint density at radius 2 is 1.57 bits per heavy atom. The average Bonchev–Trinajstić information content (AvgIpc) is 3.22. The molecule has 28 heavy (non-hydrogen) atoms. The van der Waals surface area contributed by atoms with Crippen molar-refractivity contribution in [3.63, 3.8) is 0 Å². The molecule has 0 amide bonds. The smallest absolute Gasteiger partial charge is 0.152 e. The van der Waals surface area contributed by atoms with Crippen LogP contribution in [0.15, 0.2) is 84.9 Å². The van der Waals surface area contributed by atoms with E-state index in [4.69, 9.17) is 9.47 Å². The predicted molar refractivity (Wildman–Crippen MR) is 111 cm³/mol. The summed E-state index contributed by atoms with van der Waals surface area (Å²) in [4.78, 5) is 0.